The Kier molecular flexibility index (Phi) is 5.65. The van der Waals surface area contributed by atoms with E-state index in [2.05, 4.69) is 0 Å². The summed E-state index contributed by atoms with van der Waals surface area (Å²) in [4.78, 5) is 0.299. The Labute approximate surface area is 125 Å². The molecule has 1 aromatic carbocycles. The molecule has 2 N–H and O–H groups in total. The minimum absolute atomic E-state index is 0. The molecule has 4 nitrogen and oxygen atoms in total. The minimum Gasteiger partial charge on any atom is -0.330 e. The number of sulfonamides is 1. The molecule has 0 aliphatic carbocycles. The van der Waals surface area contributed by atoms with Gasteiger partial charge in [0.25, 0.3) is 0 Å². The molecule has 1 aromatic rings. The van der Waals surface area contributed by atoms with E-state index in [1.54, 1.807) is 19.1 Å². The van der Waals surface area contributed by atoms with Gasteiger partial charge in [0, 0.05) is 18.1 Å². The molecule has 108 valence electrons. The van der Waals surface area contributed by atoms with Crippen molar-refractivity contribution in [3.8, 4) is 0 Å². The van der Waals surface area contributed by atoms with Crippen LogP contribution in [0.3, 0.4) is 0 Å². The summed E-state index contributed by atoms with van der Waals surface area (Å²) >= 11 is 5.88. The second-order valence-electron chi connectivity index (χ2n) is 4.66. The van der Waals surface area contributed by atoms with Gasteiger partial charge in [0.2, 0.25) is 10.0 Å². The molecule has 0 spiro atoms. The molecule has 1 aliphatic heterocycles. The third kappa shape index (κ3) is 3.41. The van der Waals surface area contributed by atoms with Crippen LogP contribution in [0.2, 0.25) is 5.02 Å². The Morgan fingerprint density at radius 1 is 1.47 bits per heavy atom. The molecule has 1 saturated heterocycles. The van der Waals surface area contributed by atoms with E-state index in [9.17, 15) is 8.42 Å². The van der Waals surface area contributed by atoms with E-state index < -0.39 is 10.0 Å². The summed E-state index contributed by atoms with van der Waals surface area (Å²) in [6.07, 6.45) is 0.829. The van der Waals surface area contributed by atoms with Crippen molar-refractivity contribution < 1.29 is 8.42 Å². The highest BCUT2D eigenvalue weighted by Crippen LogP contribution is 2.27. The Bertz CT molecular complexity index is 549. The smallest absolute Gasteiger partial charge is 0.243 e. The van der Waals surface area contributed by atoms with Crippen LogP contribution >= 0.6 is 24.0 Å². The molecule has 1 fully saturated rings. The van der Waals surface area contributed by atoms with E-state index in [0.717, 1.165) is 12.0 Å². The molecule has 1 atom stereocenters. The largest absolute Gasteiger partial charge is 0.330 e. The fraction of sp³-hybridized carbons (Fsp3) is 0.500. The zero-order chi connectivity index (χ0) is 13.3. The first-order valence-corrected chi connectivity index (χ1v) is 7.73. The number of nitrogens with zero attached hydrogens (tertiary/aromatic N) is 1. The number of hydrogen-bond acceptors (Lipinski definition) is 3. The van der Waals surface area contributed by atoms with Crippen LogP contribution in [0.25, 0.3) is 0 Å². The maximum absolute atomic E-state index is 12.5. The van der Waals surface area contributed by atoms with Crippen LogP contribution in [0.15, 0.2) is 23.1 Å². The van der Waals surface area contributed by atoms with E-state index in [1.807, 2.05) is 0 Å². The molecule has 1 unspecified atom stereocenters. The molecule has 0 saturated carbocycles. The molecule has 0 aromatic heterocycles. The predicted octanol–water partition coefficient (Wildman–Crippen LogP) is 2.04. The fourth-order valence-electron chi connectivity index (χ4n) is 2.20. The summed E-state index contributed by atoms with van der Waals surface area (Å²) in [5, 5.41) is 0.439. The van der Waals surface area contributed by atoms with Gasteiger partial charge in [-0.1, -0.05) is 17.7 Å². The molecule has 1 heterocycles. The van der Waals surface area contributed by atoms with Gasteiger partial charge >= 0.3 is 0 Å². The van der Waals surface area contributed by atoms with Gasteiger partial charge < -0.3 is 5.73 Å². The second-order valence-corrected chi connectivity index (χ2v) is 7.01. The van der Waals surface area contributed by atoms with Crippen molar-refractivity contribution in [2.75, 3.05) is 19.6 Å². The summed E-state index contributed by atoms with van der Waals surface area (Å²) < 4.78 is 26.5. The third-order valence-corrected chi connectivity index (χ3v) is 5.59. The Balaban J connectivity index is 0.00000180. The molecule has 2 rings (SSSR count). The van der Waals surface area contributed by atoms with E-state index in [0.29, 0.717) is 29.6 Å². The molecule has 0 bridgehead atoms. The maximum Gasteiger partial charge on any atom is 0.243 e. The number of aryl methyl sites for hydroxylation is 1. The average molecular weight is 325 g/mol. The van der Waals surface area contributed by atoms with Crippen LogP contribution in [-0.2, 0) is 10.0 Å². The first kappa shape index (κ1) is 16.7. The summed E-state index contributed by atoms with van der Waals surface area (Å²) in [5.74, 6) is 0.263. The lowest BCUT2D eigenvalue weighted by atomic mass is 10.1. The monoisotopic (exact) mass is 324 g/mol. The first-order chi connectivity index (χ1) is 8.45. The van der Waals surface area contributed by atoms with E-state index >= 15 is 0 Å². The van der Waals surface area contributed by atoms with Crippen LogP contribution in [0.1, 0.15) is 12.0 Å². The molecular formula is C12H18Cl2N2O2S. The van der Waals surface area contributed by atoms with Crippen LogP contribution in [0, 0.1) is 12.8 Å². The zero-order valence-electron chi connectivity index (χ0n) is 10.7. The molecule has 0 amide bonds. The minimum atomic E-state index is -3.44. The zero-order valence-corrected chi connectivity index (χ0v) is 13.1. The van der Waals surface area contributed by atoms with Crippen LogP contribution < -0.4 is 5.73 Å². The molecular weight excluding hydrogens is 307 g/mol. The molecule has 1 aliphatic rings. The summed E-state index contributed by atoms with van der Waals surface area (Å²) in [7, 11) is -3.44. The van der Waals surface area contributed by atoms with Gasteiger partial charge in [-0.05, 0) is 43.5 Å². The van der Waals surface area contributed by atoms with Gasteiger partial charge in [-0.3, -0.25) is 0 Å². The van der Waals surface area contributed by atoms with Crippen LogP contribution in [0.5, 0.6) is 0 Å². The van der Waals surface area contributed by atoms with Gasteiger partial charge in [-0.15, -0.1) is 12.4 Å². The van der Waals surface area contributed by atoms with Gasteiger partial charge in [0.05, 0.1) is 4.90 Å². The summed E-state index contributed by atoms with van der Waals surface area (Å²) in [5.41, 5.74) is 6.31. The van der Waals surface area contributed by atoms with E-state index in [1.165, 1.54) is 10.4 Å². The van der Waals surface area contributed by atoms with Gasteiger partial charge in [0.15, 0.2) is 0 Å². The highest BCUT2D eigenvalue weighted by molar-refractivity contribution is 7.89. The number of benzene rings is 1. The number of nitrogens with two attached hydrogens (primary N) is 1. The lowest BCUT2D eigenvalue weighted by Gasteiger charge is -2.18. The lowest BCUT2D eigenvalue weighted by molar-refractivity contribution is 0.458. The van der Waals surface area contributed by atoms with Crippen molar-refractivity contribution in [3.05, 3.63) is 28.8 Å². The highest BCUT2D eigenvalue weighted by atomic mass is 35.5. The van der Waals surface area contributed by atoms with E-state index in [4.69, 9.17) is 17.3 Å². The predicted molar refractivity (Wildman–Crippen MR) is 79.4 cm³/mol. The molecule has 0 radical (unpaired) electrons. The van der Waals surface area contributed by atoms with Gasteiger partial charge in [-0.2, -0.15) is 4.31 Å². The average Bonchev–Trinajstić information content (AvgIpc) is 2.81. The standard InChI is InChI=1S/C12H17ClN2O2S.ClH/c1-9-2-3-11(13)6-12(9)18(16,17)15-5-4-10(7-14)8-15;/h2-3,6,10H,4-5,7-8,14H2,1H3;1H. The van der Waals surface area contributed by atoms with Gasteiger partial charge in [0.1, 0.15) is 0 Å². The fourth-order valence-corrected chi connectivity index (χ4v) is 4.22. The highest BCUT2D eigenvalue weighted by Gasteiger charge is 2.32. The Hall–Kier alpha value is -0.330. The quantitative estimate of drug-likeness (QED) is 0.925. The van der Waals surface area contributed by atoms with E-state index in [-0.39, 0.29) is 18.3 Å². The Morgan fingerprint density at radius 2 is 2.16 bits per heavy atom. The second kappa shape index (κ2) is 6.41. The lowest BCUT2D eigenvalue weighted by Crippen LogP contribution is -2.30. The third-order valence-electron chi connectivity index (χ3n) is 3.35. The van der Waals surface area contributed by atoms with Crippen molar-refractivity contribution in [2.24, 2.45) is 11.7 Å². The van der Waals surface area contributed by atoms with Crippen molar-refractivity contribution in [3.63, 3.8) is 0 Å². The number of hydrogen-bond donors (Lipinski definition) is 1. The Morgan fingerprint density at radius 3 is 2.74 bits per heavy atom. The first-order valence-electron chi connectivity index (χ1n) is 5.91. The molecule has 19 heavy (non-hydrogen) atoms. The van der Waals surface area contributed by atoms with Crippen LogP contribution in [0.4, 0.5) is 0 Å². The van der Waals surface area contributed by atoms with Gasteiger partial charge in [-0.25, -0.2) is 8.42 Å². The van der Waals surface area contributed by atoms with Crippen molar-refractivity contribution in [1.82, 2.24) is 4.31 Å². The summed E-state index contributed by atoms with van der Waals surface area (Å²) in [6.45, 7) is 3.35. The van der Waals surface area contributed by atoms with Crippen molar-refractivity contribution >= 4 is 34.0 Å². The number of rotatable bonds is 3. The number of halogens is 2. The maximum atomic E-state index is 12.5. The van der Waals surface area contributed by atoms with Crippen molar-refractivity contribution in [1.29, 1.82) is 0 Å². The SMILES string of the molecule is Cc1ccc(Cl)cc1S(=O)(=O)N1CCC(CN)C1.Cl. The molecule has 7 heteroatoms. The topological polar surface area (TPSA) is 63.4 Å². The van der Waals surface area contributed by atoms with Crippen molar-refractivity contribution in [2.45, 2.75) is 18.2 Å². The summed E-state index contributed by atoms with van der Waals surface area (Å²) in [6, 6.07) is 4.94. The normalized spacial score (nSPS) is 20.3. The van der Waals surface area contributed by atoms with Crippen LogP contribution in [-0.4, -0.2) is 32.4 Å².